The summed E-state index contributed by atoms with van der Waals surface area (Å²) >= 11 is 12.3. The van der Waals surface area contributed by atoms with Gasteiger partial charge in [0, 0.05) is 12.1 Å². The van der Waals surface area contributed by atoms with Crippen molar-refractivity contribution in [1.82, 2.24) is 35.6 Å². The average Bonchev–Trinajstić information content (AvgIpc) is 3.36. The highest BCUT2D eigenvalue weighted by molar-refractivity contribution is 6.38. The predicted octanol–water partition coefficient (Wildman–Crippen LogP) is 2.29. The molecule has 1 aromatic carbocycles. The van der Waals surface area contributed by atoms with Crippen molar-refractivity contribution in [3.63, 3.8) is 0 Å². The highest BCUT2D eigenvalue weighted by Crippen LogP contribution is 2.22. The Hall–Kier alpha value is -3.02. The summed E-state index contributed by atoms with van der Waals surface area (Å²) in [6.07, 6.45) is 4.75. The second-order valence-corrected chi connectivity index (χ2v) is 7.76. The molecule has 31 heavy (non-hydrogen) atoms. The van der Waals surface area contributed by atoms with E-state index in [4.69, 9.17) is 28.9 Å². The van der Waals surface area contributed by atoms with Gasteiger partial charge in [0.1, 0.15) is 5.69 Å². The van der Waals surface area contributed by atoms with E-state index in [1.54, 1.807) is 18.2 Å². The van der Waals surface area contributed by atoms with Crippen LogP contribution in [0.1, 0.15) is 41.0 Å². The number of nitrogens with two attached hydrogens (primary N) is 1. The molecule has 0 unspecified atom stereocenters. The van der Waals surface area contributed by atoms with Crippen LogP contribution < -0.4 is 11.2 Å². The number of nitrogens with one attached hydrogen (secondary N) is 1. The van der Waals surface area contributed by atoms with E-state index >= 15 is 0 Å². The fourth-order valence-corrected chi connectivity index (χ4v) is 3.80. The largest absolute Gasteiger partial charge is 0.378 e. The Bertz CT molecular complexity index is 1090. The highest BCUT2D eigenvalue weighted by atomic mass is 35.5. The van der Waals surface area contributed by atoms with Crippen LogP contribution in [0.15, 0.2) is 27.9 Å². The Kier molecular flexibility index (Phi) is 6.44. The third-order valence-electron chi connectivity index (χ3n) is 4.83. The van der Waals surface area contributed by atoms with E-state index in [-0.39, 0.29) is 17.3 Å². The zero-order chi connectivity index (χ0) is 21.8. The van der Waals surface area contributed by atoms with Gasteiger partial charge in [-0.25, -0.2) is 10.1 Å². The minimum Gasteiger partial charge on any atom is -0.378 e. The molecule has 3 aromatic rings. The number of amides is 1. The molecule has 0 saturated carbocycles. The van der Waals surface area contributed by atoms with Gasteiger partial charge < -0.3 is 5.73 Å². The van der Waals surface area contributed by atoms with Crippen molar-refractivity contribution >= 4 is 41.1 Å². The molecule has 1 amide bonds. The smallest absolute Gasteiger partial charge is 0.292 e. The first-order valence-corrected chi connectivity index (χ1v) is 10.3. The maximum atomic E-state index is 13.0. The molecule has 3 heterocycles. The lowest BCUT2D eigenvalue weighted by Gasteiger charge is -2.25. The minimum atomic E-state index is -0.557. The Morgan fingerprint density at radius 3 is 2.65 bits per heavy atom. The van der Waals surface area contributed by atoms with Crippen LogP contribution in [0.3, 0.4) is 0 Å². The number of benzene rings is 1. The molecule has 11 nitrogen and oxygen atoms in total. The lowest BCUT2D eigenvalue weighted by atomic mass is 10.1. The van der Waals surface area contributed by atoms with Gasteiger partial charge in [0.15, 0.2) is 5.69 Å². The third kappa shape index (κ3) is 4.68. The van der Waals surface area contributed by atoms with Gasteiger partial charge in [-0.1, -0.05) is 40.9 Å². The minimum absolute atomic E-state index is 0.0187. The summed E-state index contributed by atoms with van der Waals surface area (Å²) in [6.45, 7) is 2.30. The van der Waals surface area contributed by atoms with Crippen molar-refractivity contribution in [1.29, 1.82) is 0 Å². The van der Waals surface area contributed by atoms with E-state index in [0.717, 1.165) is 25.9 Å². The van der Waals surface area contributed by atoms with Crippen molar-refractivity contribution in [3.05, 3.63) is 45.2 Å². The number of hydrogen-bond acceptors (Lipinski definition) is 9. The molecule has 1 aliphatic heterocycles. The maximum absolute atomic E-state index is 13.0. The normalized spacial score (nSPS) is 14.9. The van der Waals surface area contributed by atoms with Gasteiger partial charge in [-0.2, -0.15) is 9.78 Å². The maximum Gasteiger partial charge on any atom is 0.292 e. The van der Waals surface area contributed by atoms with Crippen LogP contribution in [0.5, 0.6) is 0 Å². The molecule has 2 aromatic heterocycles. The zero-order valence-electron chi connectivity index (χ0n) is 16.3. The van der Waals surface area contributed by atoms with Crippen LogP contribution in [0.2, 0.25) is 10.0 Å². The lowest BCUT2D eigenvalue weighted by molar-refractivity contribution is 0.0944. The van der Waals surface area contributed by atoms with Crippen LogP contribution in [-0.2, 0) is 6.54 Å². The number of piperidine rings is 1. The van der Waals surface area contributed by atoms with Gasteiger partial charge >= 0.3 is 0 Å². The average molecular weight is 464 g/mol. The number of aromatic nitrogens is 5. The number of carbonyl (C=O) groups excluding carboxylic acids is 1. The van der Waals surface area contributed by atoms with E-state index < -0.39 is 5.91 Å². The number of nitrogen functional groups attached to an aromatic ring is 1. The van der Waals surface area contributed by atoms with Gasteiger partial charge in [0.2, 0.25) is 11.6 Å². The Balaban J connectivity index is 1.61. The lowest BCUT2D eigenvalue weighted by Crippen LogP contribution is -2.31. The molecule has 1 fully saturated rings. The molecule has 0 bridgehead atoms. The number of rotatable bonds is 6. The van der Waals surface area contributed by atoms with Crippen molar-refractivity contribution in [2.24, 2.45) is 5.10 Å². The molecule has 4 rings (SSSR count). The number of nitrogens with zero attached hydrogens (tertiary/aromatic N) is 7. The number of carbonyl (C=O) groups is 1. The van der Waals surface area contributed by atoms with Crippen molar-refractivity contribution in [2.75, 3.05) is 18.8 Å². The summed E-state index contributed by atoms with van der Waals surface area (Å²) < 4.78 is 5.84. The first kappa shape index (κ1) is 21.2. The second kappa shape index (κ2) is 9.41. The molecule has 1 aliphatic rings. The second-order valence-electron chi connectivity index (χ2n) is 6.94. The highest BCUT2D eigenvalue weighted by Gasteiger charge is 2.26. The first-order valence-electron chi connectivity index (χ1n) is 9.57. The standard InChI is InChI=1S/C18H19Cl2N9O2/c19-12-5-4-6-13(20)11(12)9-22-24-18(30)15-14(10-28-7-2-1-3-8-28)23-27-29(15)17-16(21)25-31-26-17/h4-6,9H,1-3,7-8,10H2,(H2,21,25)(H,24,30)/b22-9+. The summed E-state index contributed by atoms with van der Waals surface area (Å²) in [4.78, 5) is 15.2. The summed E-state index contributed by atoms with van der Waals surface area (Å²) in [5, 5.41) is 20.3. The van der Waals surface area contributed by atoms with Gasteiger partial charge in [-0.05, 0) is 48.4 Å². The van der Waals surface area contributed by atoms with Crippen LogP contribution in [0.4, 0.5) is 5.82 Å². The Morgan fingerprint density at radius 2 is 1.97 bits per heavy atom. The van der Waals surface area contributed by atoms with Crippen LogP contribution in [-0.4, -0.2) is 55.4 Å². The van der Waals surface area contributed by atoms with E-state index in [2.05, 4.69) is 40.7 Å². The quantitative estimate of drug-likeness (QED) is 0.418. The van der Waals surface area contributed by atoms with Crippen molar-refractivity contribution < 1.29 is 9.42 Å². The fraction of sp³-hybridized carbons (Fsp3) is 0.333. The fourth-order valence-electron chi connectivity index (χ4n) is 3.30. The molecule has 0 radical (unpaired) electrons. The monoisotopic (exact) mass is 463 g/mol. The molecular weight excluding hydrogens is 445 g/mol. The summed E-state index contributed by atoms with van der Waals surface area (Å²) in [6, 6.07) is 5.06. The van der Waals surface area contributed by atoms with Gasteiger partial charge in [-0.3, -0.25) is 9.69 Å². The SMILES string of the molecule is Nc1nonc1-n1nnc(CN2CCCCC2)c1C(=O)N/N=C/c1c(Cl)cccc1Cl. The van der Waals surface area contributed by atoms with E-state index in [0.29, 0.717) is 27.8 Å². The Labute approximate surface area is 187 Å². The molecule has 1 saturated heterocycles. The summed E-state index contributed by atoms with van der Waals surface area (Å²) in [7, 11) is 0. The first-order chi connectivity index (χ1) is 15.0. The van der Waals surface area contributed by atoms with E-state index in [9.17, 15) is 4.79 Å². The molecule has 0 spiro atoms. The molecule has 3 N–H and O–H groups in total. The molecule has 0 aliphatic carbocycles. The third-order valence-corrected chi connectivity index (χ3v) is 5.49. The van der Waals surface area contributed by atoms with Crippen LogP contribution >= 0.6 is 23.2 Å². The molecule has 0 atom stereocenters. The van der Waals surface area contributed by atoms with Crippen LogP contribution in [0.25, 0.3) is 5.82 Å². The van der Waals surface area contributed by atoms with Gasteiger partial charge in [-0.15, -0.1) is 5.10 Å². The number of likely N-dealkylation sites (tertiary alicyclic amines) is 1. The van der Waals surface area contributed by atoms with E-state index in [1.165, 1.54) is 17.3 Å². The number of hydrazone groups is 1. The predicted molar refractivity (Wildman–Crippen MR) is 114 cm³/mol. The topological polar surface area (TPSA) is 140 Å². The molecule has 162 valence electrons. The van der Waals surface area contributed by atoms with E-state index in [1.807, 2.05) is 0 Å². The van der Waals surface area contributed by atoms with Crippen molar-refractivity contribution in [3.8, 4) is 5.82 Å². The number of anilines is 1. The molecule has 13 heteroatoms. The van der Waals surface area contributed by atoms with Crippen LogP contribution in [0, 0.1) is 0 Å². The summed E-state index contributed by atoms with van der Waals surface area (Å²) in [5.74, 6) is -0.505. The number of halogens is 2. The van der Waals surface area contributed by atoms with Crippen molar-refractivity contribution in [2.45, 2.75) is 25.8 Å². The summed E-state index contributed by atoms with van der Waals surface area (Å²) in [5.41, 5.74) is 9.33. The zero-order valence-corrected chi connectivity index (χ0v) is 17.8. The van der Waals surface area contributed by atoms with Gasteiger partial charge in [0.05, 0.1) is 16.3 Å². The van der Waals surface area contributed by atoms with Gasteiger partial charge in [0.25, 0.3) is 5.91 Å². The molecular formula is C18H19Cl2N9O2. The Morgan fingerprint density at radius 1 is 1.23 bits per heavy atom. The number of hydrogen-bond donors (Lipinski definition) is 2.